The topological polar surface area (TPSA) is 67.6 Å². The van der Waals surface area contributed by atoms with E-state index in [4.69, 9.17) is 10.5 Å². The first-order chi connectivity index (χ1) is 7.27. The second-order valence-corrected chi connectivity index (χ2v) is 4.24. The summed E-state index contributed by atoms with van der Waals surface area (Å²) in [6.45, 7) is 3.63. The second-order valence-electron chi connectivity index (χ2n) is 4.24. The van der Waals surface area contributed by atoms with Crippen molar-refractivity contribution in [1.29, 1.82) is 0 Å². The summed E-state index contributed by atoms with van der Waals surface area (Å²) < 4.78 is 5.21. The molecule has 2 heterocycles. The van der Waals surface area contributed by atoms with Gasteiger partial charge in [0, 0.05) is 13.1 Å². The number of hydrogen-bond donors (Lipinski definition) is 2. The first kappa shape index (κ1) is 10.9. The van der Waals surface area contributed by atoms with E-state index in [1.165, 1.54) is 0 Å². The van der Waals surface area contributed by atoms with Gasteiger partial charge in [0.15, 0.2) is 0 Å². The van der Waals surface area contributed by atoms with Crippen molar-refractivity contribution in [3.05, 3.63) is 0 Å². The van der Waals surface area contributed by atoms with Gasteiger partial charge in [-0.05, 0) is 19.4 Å². The van der Waals surface area contributed by atoms with Crippen LogP contribution in [0.5, 0.6) is 0 Å². The molecule has 2 aliphatic heterocycles. The molecule has 0 aromatic rings. The van der Waals surface area contributed by atoms with E-state index in [9.17, 15) is 4.79 Å². The van der Waals surface area contributed by atoms with Crippen molar-refractivity contribution in [3.8, 4) is 0 Å². The molecule has 15 heavy (non-hydrogen) atoms. The van der Waals surface area contributed by atoms with Gasteiger partial charge >= 0.3 is 0 Å². The quantitative estimate of drug-likeness (QED) is 0.594. The number of amides is 1. The molecule has 2 atom stereocenters. The van der Waals surface area contributed by atoms with Crippen LogP contribution in [0.3, 0.4) is 0 Å². The van der Waals surface area contributed by atoms with Gasteiger partial charge in [-0.2, -0.15) is 0 Å². The molecule has 3 N–H and O–H groups in total. The molecular weight excluding hydrogens is 194 g/mol. The number of carbonyl (C=O) groups excluding carboxylic acids is 1. The maximum absolute atomic E-state index is 12.1. The normalized spacial score (nSPS) is 32.7. The Morgan fingerprint density at radius 1 is 1.53 bits per heavy atom. The first-order valence-corrected chi connectivity index (χ1v) is 5.64. The Balaban J connectivity index is 1.88. The van der Waals surface area contributed by atoms with Gasteiger partial charge in [0.05, 0.1) is 19.1 Å². The third-order valence-corrected chi connectivity index (χ3v) is 3.05. The zero-order valence-electron chi connectivity index (χ0n) is 8.95. The van der Waals surface area contributed by atoms with Crippen LogP contribution in [0.25, 0.3) is 0 Å². The molecule has 5 nitrogen and oxygen atoms in total. The Labute approximate surface area is 89.9 Å². The summed E-state index contributed by atoms with van der Waals surface area (Å²) in [5.74, 6) is 0.380. The Hall–Kier alpha value is -0.650. The summed E-state index contributed by atoms with van der Waals surface area (Å²) in [5.41, 5.74) is 5.66. The van der Waals surface area contributed by atoms with Gasteiger partial charge in [-0.1, -0.05) is 0 Å². The number of hydrogen-bond acceptors (Lipinski definition) is 4. The minimum atomic E-state index is -0.306. The van der Waals surface area contributed by atoms with Gasteiger partial charge < -0.3 is 20.7 Å². The highest BCUT2D eigenvalue weighted by molar-refractivity contribution is 5.79. The Bertz CT molecular complexity index is 229. The Kier molecular flexibility index (Phi) is 3.56. The predicted molar refractivity (Wildman–Crippen MR) is 56.1 cm³/mol. The largest absolute Gasteiger partial charge is 0.360 e. The van der Waals surface area contributed by atoms with E-state index < -0.39 is 0 Å². The van der Waals surface area contributed by atoms with E-state index in [0.29, 0.717) is 19.7 Å². The zero-order chi connectivity index (χ0) is 10.7. The van der Waals surface area contributed by atoms with E-state index in [2.05, 4.69) is 5.32 Å². The van der Waals surface area contributed by atoms with Gasteiger partial charge in [-0.3, -0.25) is 4.79 Å². The van der Waals surface area contributed by atoms with E-state index >= 15 is 0 Å². The van der Waals surface area contributed by atoms with Crippen molar-refractivity contribution in [1.82, 2.24) is 10.2 Å². The molecule has 5 heteroatoms. The minimum Gasteiger partial charge on any atom is -0.360 e. The van der Waals surface area contributed by atoms with Crippen LogP contribution in [-0.2, 0) is 9.53 Å². The van der Waals surface area contributed by atoms with Crippen LogP contribution in [0.4, 0.5) is 0 Å². The zero-order valence-corrected chi connectivity index (χ0v) is 8.95. The standard InChI is InChI=1S/C10H19N3O2/c11-9-7-13(4-5-15-9)10(14)8-2-1-3-12-6-8/h8-9,12H,1-7,11H2. The first-order valence-electron chi connectivity index (χ1n) is 5.64. The summed E-state index contributed by atoms with van der Waals surface area (Å²) in [4.78, 5) is 13.9. The van der Waals surface area contributed by atoms with Crippen LogP contribution >= 0.6 is 0 Å². The van der Waals surface area contributed by atoms with Crippen LogP contribution < -0.4 is 11.1 Å². The molecule has 0 aromatic heterocycles. The van der Waals surface area contributed by atoms with Crippen molar-refractivity contribution in [2.24, 2.45) is 11.7 Å². The second kappa shape index (κ2) is 4.92. The summed E-state index contributed by atoms with van der Waals surface area (Å²) in [7, 11) is 0. The molecule has 2 rings (SSSR count). The highest BCUT2D eigenvalue weighted by Crippen LogP contribution is 2.14. The molecule has 2 aliphatic rings. The van der Waals surface area contributed by atoms with Crippen LogP contribution in [0, 0.1) is 5.92 Å². The fourth-order valence-corrected chi connectivity index (χ4v) is 2.20. The van der Waals surface area contributed by atoms with E-state index in [0.717, 1.165) is 25.9 Å². The Morgan fingerprint density at radius 3 is 3.07 bits per heavy atom. The minimum absolute atomic E-state index is 0.143. The fraction of sp³-hybridized carbons (Fsp3) is 0.900. The molecule has 86 valence electrons. The van der Waals surface area contributed by atoms with Gasteiger partial charge in [-0.15, -0.1) is 0 Å². The summed E-state index contributed by atoms with van der Waals surface area (Å²) >= 11 is 0. The lowest BCUT2D eigenvalue weighted by molar-refractivity contribution is -0.143. The SMILES string of the molecule is NC1CN(C(=O)C2CCCNC2)CCO1. The number of nitrogens with two attached hydrogens (primary N) is 1. The van der Waals surface area contributed by atoms with E-state index in [-0.39, 0.29) is 18.1 Å². The van der Waals surface area contributed by atoms with E-state index in [1.54, 1.807) is 0 Å². The molecule has 0 aromatic carbocycles. The van der Waals surface area contributed by atoms with Crippen molar-refractivity contribution in [3.63, 3.8) is 0 Å². The lowest BCUT2D eigenvalue weighted by Gasteiger charge is -2.34. The van der Waals surface area contributed by atoms with Crippen molar-refractivity contribution < 1.29 is 9.53 Å². The monoisotopic (exact) mass is 213 g/mol. The average Bonchev–Trinajstić information content (AvgIpc) is 2.29. The van der Waals surface area contributed by atoms with Gasteiger partial charge in [0.25, 0.3) is 0 Å². The summed E-state index contributed by atoms with van der Waals surface area (Å²) in [5, 5.41) is 3.26. The number of nitrogens with one attached hydrogen (secondary N) is 1. The van der Waals surface area contributed by atoms with Crippen molar-refractivity contribution >= 4 is 5.91 Å². The predicted octanol–water partition coefficient (Wildman–Crippen LogP) is -0.870. The van der Waals surface area contributed by atoms with E-state index in [1.807, 2.05) is 4.90 Å². The maximum Gasteiger partial charge on any atom is 0.227 e. The molecule has 2 unspecified atom stereocenters. The molecule has 0 radical (unpaired) electrons. The van der Waals surface area contributed by atoms with Gasteiger partial charge in [0.1, 0.15) is 6.23 Å². The number of carbonyl (C=O) groups is 1. The van der Waals surface area contributed by atoms with Crippen molar-refractivity contribution in [2.75, 3.05) is 32.8 Å². The molecular formula is C10H19N3O2. The number of ether oxygens (including phenoxy) is 1. The molecule has 0 bridgehead atoms. The van der Waals surface area contributed by atoms with Crippen LogP contribution in [0.15, 0.2) is 0 Å². The molecule has 1 amide bonds. The highest BCUT2D eigenvalue weighted by Gasteiger charge is 2.28. The molecule has 2 saturated heterocycles. The third kappa shape index (κ3) is 2.68. The lowest BCUT2D eigenvalue weighted by atomic mass is 9.98. The summed E-state index contributed by atoms with van der Waals surface area (Å²) in [6, 6.07) is 0. The van der Waals surface area contributed by atoms with Crippen LogP contribution in [0.1, 0.15) is 12.8 Å². The van der Waals surface area contributed by atoms with Crippen LogP contribution in [-0.4, -0.2) is 49.8 Å². The number of morpholine rings is 1. The highest BCUT2D eigenvalue weighted by atomic mass is 16.5. The van der Waals surface area contributed by atoms with Gasteiger partial charge in [0.2, 0.25) is 5.91 Å². The lowest BCUT2D eigenvalue weighted by Crippen LogP contribution is -2.52. The third-order valence-electron chi connectivity index (χ3n) is 3.05. The molecule has 0 aliphatic carbocycles. The smallest absolute Gasteiger partial charge is 0.227 e. The van der Waals surface area contributed by atoms with Gasteiger partial charge in [-0.25, -0.2) is 0 Å². The fourth-order valence-electron chi connectivity index (χ4n) is 2.20. The van der Waals surface area contributed by atoms with Crippen LogP contribution in [0.2, 0.25) is 0 Å². The molecule has 2 fully saturated rings. The number of rotatable bonds is 1. The molecule has 0 spiro atoms. The summed E-state index contributed by atoms with van der Waals surface area (Å²) in [6.07, 6.45) is 1.78. The maximum atomic E-state index is 12.1. The molecule has 0 saturated carbocycles. The van der Waals surface area contributed by atoms with Crippen molar-refractivity contribution in [2.45, 2.75) is 19.1 Å². The number of nitrogens with zero attached hydrogens (tertiary/aromatic N) is 1. The average molecular weight is 213 g/mol. The Morgan fingerprint density at radius 2 is 2.40 bits per heavy atom. The number of piperidine rings is 1.